The van der Waals surface area contributed by atoms with Gasteiger partial charge in [0.1, 0.15) is 12.4 Å². The van der Waals surface area contributed by atoms with Crippen molar-refractivity contribution in [3.05, 3.63) is 89.6 Å². The van der Waals surface area contributed by atoms with Crippen LogP contribution < -0.4 is 20.1 Å². The molecular formula is C25H19F6N5O4S. The molecule has 0 fully saturated rings. The number of halogens is 6. The number of nitrogens with one attached hydrogen (secondary N) is 3. The highest BCUT2D eigenvalue weighted by atomic mass is 32.2. The first-order valence-corrected chi connectivity index (χ1v) is 12.9. The van der Waals surface area contributed by atoms with Crippen molar-refractivity contribution in [2.24, 2.45) is 0 Å². The molecule has 4 rings (SSSR count). The molecule has 16 heteroatoms. The summed E-state index contributed by atoms with van der Waals surface area (Å²) in [4.78, 5) is 5.84. The number of ether oxygens (including phenoxy) is 2. The summed E-state index contributed by atoms with van der Waals surface area (Å²) in [6.07, 6.45) is 0.871. The molecule has 216 valence electrons. The zero-order valence-electron chi connectivity index (χ0n) is 20.8. The molecule has 0 atom stereocenters. The summed E-state index contributed by atoms with van der Waals surface area (Å²) in [6, 6.07) is 11.5. The van der Waals surface area contributed by atoms with Gasteiger partial charge in [0.25, 0.3) is 10.0 Å². The van der Waals surface area contributed by atoms with E-state index in [2.05, 4.69) is 20.6 Å². The number of rotatable bonds is 11. The third-order valence-electron chi connectivity index (χ3n) is 5.23. The topological polar surface area (TPSA) is 114 Å². The first kappa shape index (κ1) is 29.4. The fourth-order valence-electron chi connectivity index (χ4n) is 3.35. The Bertz CT molecular complexity index is 1650. The first-order valence-electron chi connectivity index (χ1n) is 11.4. The molecule has 0 bridgehead atoms. The van der Waals surface area contributed by atoms with Gasteiger partial charge >= 0.3 is 0 Å². The van der Waals surface area contributed by atoms with Gasteiger partial charge < -0.3 is 20.1 Å². The van der Waals surface area contributed by atoms with E-state index >= 15 is 0 Å². The van der Waals surface area contributed by atoms with Crippen molar-refractivity contribution in [2.45, 2.75) is 4.90 Å². The number of hydrogen-bond donors (Lipinski definition) is 3. The van der Waals surface area contributed by atoms with Crippen LogP contribution in [0.2, 0.25) is 0 Å². The van der Waals surface area contributed by atoms with Crippen molar-refractivity contribution in [1.29, 1.82) is 0 Å². The average Bonchev–Trinajstić information content (AvgIpc) is 2.93. The molecule has 0 unspecified atom stereocenters. The van der Waals surface area contributed by atoms with Crippen LogP contribution >= 0.6 is 0 Å². The van der Waals surface area contributed by atoms with Crippen LogP contribution in [0.3, 0.4) is 0 Å². The van der Waals surface area contributed by atoms with Gasteiger partial charge in [-0.15, -0.1) is 0 Å². The quantitative estimate of drug-likeness (QED) is 0.0881. The summed E-state index contributed by atoms with van der Waals surface area (Å²) in [5.41, 5.74) is 0.245. The lowest BCUT2D eigenvalue weighted by Crippen LogP contribution is -2.19. The number of hydrogen-bond acceptors (Lipinski definition) is 8. The normalized spacial score (nSPS) is 11.3. The molecule has 1 aromatic heterocycles. The van der Waals surface area contributed by atoms with E-state index in [1.54, 1.807) is 36.1 Å². The van der Waals surface area contributed by atoms with Crippen molar-refractivity contribution in [3.63, 3.8) is 0 Å². The lowest BCUT2D eigenvalue weighted by atomic mass is 10.3. The highest BCUT2D eigenvalue weighted by molar-refractivity contribution is 7.92. The lowest BCUT2D eigenvalue weighted by Gasteiger charge is -2.13. The van der Waals surface area contributed by atoms with Gasteiger partial charge in [-0.1, -0.05) is 6.07 Å². The number of benzene rings is 3. The van der Waals surface area contributed by atoms with Crippen LogP contribution in [0.4, 0.5) is 55.2 Å². The highest BCUT2D eigenvalue weighted by Gasteiger charge is 2.33. The van der Waals surface area contributed by atoms with Crippen LogP contribution in [0.15, 0.2) is 59.6 Å². The Morgan fingerprint density at radius 2 is 1.41 bits per heavy atom. The number of anilines is 5. The molecule has 0 saturated carbocycles. The van der Waals surface area contributed by atoms with Crippen molar-refractivity contribution < 1.29 is 44.2 Å². The van der Waals surface area contributed by atoms with Gasteiger partial charge in [0.2, 0.25) is 11.8 Å². The maximum absolute atomic E-state index is 14.4. The number of methoxy groups -OCH3 is 1. The molecule has 0 radical (unpaired) electrons. The minimum Gasteiger partial charge on any atom is -0.491 e. The fraction of sp³-hybridized carbons (Fsp3) is 0.120. The Hall–Kier alpha value is -4.57. The molecule has 3 aromatic carbocycles. The van der Waals surface area contributed by atoms with E-state index in [0.717, 1.165) is 18.3 Å². The summed E-state index contributed by atoms with van der Waals surface area (Å²) < 4.78 is 120. The highest BCUT2D eigenvalue weighted by Crippen LogP contribution is 2.29. The van der Waals surface area contributed by atoms with Gasteiger partial charge in [-0.3, -0.25) is 4.72 Å². The molecule has 0 aliphatic heterocycles. The zero-order valence-corrected chi connectivity index (χ0v) is 21.6. The Balaban J connectivity index is 1.51. The standard InChI is InChI=1S/C25H19F6N5O4S/c1-39-9-10-40-16-7-5-13(6-8-16)34-25-32-12-17(26)24(35-25)33-14-3-2-4-15(11-14)36-41(37,38)23-21(30)19(28)18(27)20(29)22(23)31/h2-8,11-12,36H,9-10H2,1H3,(H2,32,33,34,35). The average molecular weight is 600 g/mol. The Morgan fingerprint density at radius 3 is 2.07 bits per heavy atom. The Morgan fingerprint density at radius 1 is 0.780 bits per heavy atom. The van der Waals surface area contributed by atoms with Gasteiger partial charge in [0.15, 0.2) is 39.8 Å². The monoisotopic (exact) mass is 599 g/mol. The van der Waals surface area contributed by atoms with Crippen molar-refractivity contribution in [3.8, 4) is 5.75 Å². The third kappa shape index (κ3) is 6.78. The van der Waals surface area contributed by atoms with Gasteiger partial charge in [0.05, 0.1) is 18.5 Å². The molecular weight excluding hydrogens is 580 g/mol. The molecule has 41 heavy (non-hydrogen) atoms. The molecule has 1 heterocycles. The van der Waals surface area contributed by atoms with Crippen LogP contribution in [0.5, 0.6) is 5.75 Å². The van der Waals surface area contributed by atoms with Gasteiger partial charge in [-0.05, 0) is 42.5 Å². The molecule has 3 N–H and O–H groups in total. The Labute approximate surface area is 229 Å². The largest absolute Gasteiger partial charge is 0.491 e. The van der Waals surface area contributed by atoms with Crippen LogP contribution in [-0.2, 0) is 14.8 Å². The van der Waals surface area contributed by atoms with E-state index in [0.29, 0.717) is 24.7 Å². The van der Waals surface area contributed by atoms with Crippen molar-refractivity contribution >= 4 is 38.9 Å². The van der Waals surface area contributed by atoms with E-state index in [1.165, 1.54) is 12.1 Å². The molecule has 0 saturated heterocycles. The maximum atomic E-state index is 14.4. The summed E-state index contributed by atoms with van der Waals surface area (Å²) in [5.74, 6) is -13.0. The predicted molar refractivity (Wildman–Crippen MR) is 136 cm³/mol. The maximum Gasteiger partial charge on any atom is 0.267 e. The molecule has 4 aromatic rings. The number of sulfonamides is 1. The second-order valence-corrected chi connectivity index (χ2v) is 9.71. The van der Waals surface area contributed by atoms with Crippen molar-refractivity contribution in [1.82, 2.24) is 9.97 Å². The van der Waals surface area contributed by atoms with Gasteiger partial charge in [0, 0.05) is 18.5 Å². The number of nitrogens with zero attached hydrogens (tertiary/aromatic N) is 2. The van der Waals surface area contributed by atoms with E-state index in [-0.39, 0.29) is 23.1 Å². The van der Waals surface area contributed by atoms with E-state index in [9.17, 15) is 34.8 Å². The minimum absolute atomic E-state index is 0.00915. The first-order chi connectivity index (χ1) is 19.5. The summed E-state index contributed by atoms with van der Waals surface area (Å²) in [6.45, 7) is 0.776. The van der Waals surface area contributed by atoms with E-state index < -0.39 is 49.8 Å². The second kappa shape index (κ2) is 12.3. The van der Waals surface area contributed by atoms with E-state index in [1.807, 2.05) is 0 Å². The summed E-state index contributed by atoms with van der Waals surface area (Å²) in [5, 5.41) is 5.48. The zero-order chi connectivity index (χ0) is 29.7. The smallest absolute Gasteiger partial charge is 0.267 e. The predicted octanol–water partition coefficient (Wildman–Crippen LogP) is 5.62. The molecule has 0 aliphatic rings. The van der Waals surface area contributed by atoms with E-state index in [4.69, 9.17) is 9.47 Å². The molecule has 0 amide bonds. The SMILES string of the molecule is COCCOc1ccc(Nc2ncc(F)c(Nc3cccc(NS(=O)(=O)c4c(F)c(F)c(F)c(F)c4F)c3)n2)cc1. The second-order valence-electron chi connectivity index (χ2n) is 8.09. The minimum atomic E-state index is -5.28. The lowest BCUT2D eigenvalue weighted by molar-refractivity contribution is 0.146. The number of aromatic nitrogens is 2. The molecule has 0 aliphatic carbocycles. The van der Waals surface area contributed by atoms with Crippen LogP contribution in [0.1, 0.15) is 0 Å². The third-order valence-corrected chi connectivity index (χ3v) is 6.63. The fourth-order valence-corrected chi connectivity index (χ4v) is 4.54. The summed E-state index contributed by atoms with van der Waals surface area (Å²) >= 11 is 0. The Kier molecular flexibility index (Phi) is 8.83. The summed E-state index contributed by atoms with van der Waals surface area (Å²) in [7, 11) is -3.74. The van der Waals surface area contributed by atoms with Crippen LogP contribution in [-0.4, -0.2) is 38.7 Å². The molecule has 9 nitrogen and oxygen atoms in total. The van der Waals surface area contributed by atoms with Gasteiger partial charge in [-0.2, -0.15) is 4.98 Å². The van der Waals surface area contributed by atoms with Crippen molar-refractivity contribution in [2.75, 3.05) is 35.7 Å². The van der Waals surface area contributed by atoms with Crippen LogP contribution in [0, 0.1) is 34.9 Å². The van der Waals surface area contributed by atoms with Crippen LogP contribution in [0.25, 0.3) is 0 Å². The van der Waals surface area contributed by atoms with Gasteiger partial charge in [-0.25, -0.2) is 39.7 Å². The molecule has 0 spiro atoms.